The number of fused-ring (bicyclic) bond motifs is 1. The minimum absolute atomic E-state index is 0.249. The monoisotopic (exact) mass is 435 g/mol. The summed E-state index contributed by atoms with van der Waals surface area (Å²) in [4.78, 5) is 38.0. The number of thiophene rings is 1. The van der Waals surface area contributed by atoms with Crippen molar-refractivity contribution in [1.29, 1.82) is 0 Å². The van der Waals surface area contributed by atoms with Crippen molar-refractivity contribution in [2.75, 3.05) is 10.6 Å². The van der Waals surface area contributed by atoms with Crippen molar-refractivity contribution in [2.24, 2.45) is 0 Å². The van der Waals surface area contributed by atoms with Gasteiger partial charge >= 0.3 is 0 Å². The zero-order valence-corrected chi connectivity index (χ0v) is 17.6. The normalized spacial score (nSPS) is 15.8. The molecule has 158 valence electrons. The van der Waals surface area contributed by atoms with Gasteiger partial charge in [0, 0.05) is 12.1 Å². The highest BCUT2D eigenvalue weighted by atomic mass is 32.1. The molecule has 0 saturated heterocycles. The first-order valence-electron chi connectivity index (χ1n) is 9.80. The quantitative estimate of drug-likeness (QED) is 0.553. The number of nitrogens with one attached hydrogen (secondary N) is 3. The van der Waals surface area contributed by atoms with Crippen LogP contribution in [0.5, 0.6) is 5.75 Å². The van der Waals surface area contributed by atoms with Gasteiger partial charge in [-0.25, -0.2) is 0 Å². The molecule has 4 rings (SSSR count). The summed E-state index contributed by atoms with van der Waals surface area (Å²) in [6.07, 6.45) is -0.234. The standard InChI is InChI=1S/C23H21N3O4S/c1-14-21(27)25-17-13-16(9-10-19(17)30-14)24-22(28)18(12-15-6-3-2-4-7-15)26-23(29)20-8-5-11-31-20/h2-11,13-14,18H,12H2,1H3,(H,24,28)(H,25,27)(H,26,29)/t14-,18-/m0/s1. The number of ether oxygens (including phenoxy) is 1. The SMILES string of the molecule is C[C@@H]1Oc2ccc(NC(=O)[C@H](Cc3ccccc3)NC(=O)c3cccs3)cc2NC1=O. The van der Waals surface area contributed by atoms with Gasteiger partial charge in [-0.05, 0) is 42.1 Å². The Morgan fingerprint density at radius 3 is 2.68 bits per heavy atom. The molecule has 8 heteroatoms. The van der Waals surface area contributed by atoms with Crippen LogP contribution in [0.15, 0.2) is 66.0 Å². The van der Waals surface area contributed by atoms with Gasteiger partial charge in [-0.2, -0.15) is 0 Å². The summed E-state index contributed by atoms with van der Waals surface area (Å²) in [6.45, 7) is 1.67. The number of carbonyl (C=O) groups is 3. The molecule has 3 N–H and O–H groups in total. The Morgan fingerprint density at radius 2 is 1.94 bits per heavy atom. The highest BCUT2D eigenvalue weighted by Gasteiger charge is 2.25. The lowest BCUT2D eigenvalue weighted by Gasteiger charge is -2.24. The second-order valence-corrected chi connectivity index (χ2v) is 8.09. The molecule has 31 heavy (non-hydrogen) atoms. The van der Waals surface area contributed by atoms with Crippen molar-refractivity contribution < 1.29 is 19.1 Å². The molecule has 2 aromatic carbocycles. The maximum atomic E-state index is 13.1. The van der Waals surface area contributed by atoms with E-state index in [0.717, 1.165) is 5.56 Å². The number of anilines is 2. The van der Waals surface area contributed by atoms with Crippen molar-refractivity contribution in [3.05, 3.63) is 76.5 Å². The molecular formula is C23H21N3O4S. The van der Waals surface area contributed by atoms with E-state index < -0.39 is 12.1 Å². The van der Waals surface area contributed by atoms with E-state index in [1.807, 2.05) is 35.7 Å². The Hall–Kier alpha value is -3.65. The summed E-state index contributed by atoms with van der Waals surface area (Å²) >= 11 is 1.31. The molecule has 0 saturated carbocycles. The fourth-order valence-corrected chi connectivity index (χ4v) is 3.84. The summed E-state index contributed by atoms with van der Waals surface area (Å²) in [5.41, 5.74) is 1.91. The molecule has 1 aliphatic rings. The number of hydrogen-bond acceptors (Lipinski definition) is 5. The molecule has 3 amide bonds. The van der Waals surface area contributed by atoms with Crippen molar-refractivity contribution in [3.8, 4) is 5.75 Å². The molecule has 0 bridgehead atoms. The molecular weight excluding hydrogens is 414 g/mol. The number of hydrogen-bond donors (Lipinski definition) is 3. The summed E-state index contributed by atoms with van der Waals surface area (Å²) in [7, 11) is 0. The average Bonchev–Trinajstić information content (AvgIpc) is 3.30. The molecule has 2 atom stereocenters. The first-order valence-corrected chi connectivity index (χ1v) is 10.7. The Morgan fingerprint density at radius 1 is 1.13 bits per heavy atom. The molecule has 0 spiro atoms. The lowest BCUT2D eigenvalue weighted by molar-refractivity contribution is -0.122. The van der Waals surface area contributed by atoms with Gasteiger partial charge in [0.05, 0.1) is 10.6 Å². The van der Waals surface area contributed by atoms with Gasteiger partial charge in [0.25, 0.3) is 11.8 Å². The second-order valence-electron chi connectivity index (χ2n) is 7.14. The first kappa shape index (κ1) is 20.6. The van der Waals surface area contributed by atoms with Crippen LogP contribution in [0.1, 0.15) is 22.2 Å². The molecule has 7 nitrogen and oxygen atoms in total. The van der Waals surface area contributed by atoms with Gasteiger partial charge in [0.15, 0.2) is 6.10 Å². The van der Waals surface area contributed by atoms with E-state index in [4.69, 9.17) is 4.74 Å². The zero-order chi connectivity index (χ0) is 21.8. The minimum atomic E-state index is -0.779. The fraction of sp³-hybridized carbons (Fsp3) is 0.174. The Balaban J connectivity index is 1.52. The molecule has 1 aliphatic heterocycles. The Kier molecular flexibility index (Phi) is 5.99. The average molecular weight is 436 g/mol. The van der Waals surface area contributed by atoms with E-state index >= 15 is 0 Å². The molecule has 2 heterocycles. The summed E-state index contributed by atoms with van der Waals surface area (Å²) in [6, 6.07) is 17.2. The van der Waals surface area contributed by atoms with E-state index in [1.54, 1.807) is 37.3 Å². The van der Waals surface area contributed by atoms with Gasteiger partial charge in [-0.3, -0.25) is 14.4 Å². The fourth-order valence-electron chi connectivity index (χ4n) is 3.21. The predicted octanol–water partition coefficient (Wildman–Crippen LogP) is 3.45. The van der Waals surface area contributed by atoms with E-state index in [2.05, 4.69) is 16.0 Å². The van der Waals surface area contributed by atoms with Crippen LogP contribution in [0.4, 0.5) is 11.4 Å². The molecule has 1 aromatic heterocycles. The van der Waals surface area contributed by atoms with Gasteiger partial charge in [0.2, 0.25) is 5.91 Å². The molecule has 3 aromatic rings. The van der Waals surface area contributed by atoms with Gasteiger partial charge in [-0.1, -0.05) is 36.4 Å². The number of carbonyl (C=O) groups excluding carboxylic acids is 3. The predicted molar refractivity (Wildman–Crippen MR) is 120 cm³/mol. The van der Waals surface area contributed by atoms with E-state index in [0.29, 0.717) is 28.4 Å². The van der Waals surface area contributed by atoms with Crippen LogP contribution in [0.2, 0.25) is 0 Å². The van der Waals surface area contributed by atoms with Crippen LogP contribution in [-0.2, 0) is 16.0 Å². The van der Waals surface area contributed by atoms with E-state index in [1.165, 1.54) is 11.3 Å². The summed E-state index contributed by atoms with van der Waals surface area (Å²) in [5.74, 6) is -0.366. The Bertz CT molecular complexity index is 1100. The van der Waals surface area contributed by atoms with Crippen LogP contribution in [0.25, 0.3) is 0 Å². The first-order chi connectivity index (χ1) is 15.0. The maximum Gasteiger partial charge on any atom is 0.265 e. The third-order valence-electron chi connectivity index (χ3n) is 4.83. The van der Waals surface area contributed by atoms with Crippen molar-refractivity contribution >= 4 is 40.4 Å². The van der Waals surface area contributed by atoms with Gasteiger partial charge in [0.1, 0.15) is 11.8 Å². The minimum Gasteiger partial charge on any atom is -0.479 e. The van der Waals surface area contributed by atoms with Crippen LogP contribution >= 0.6 is 11.3 Å². The lowest BCUT2D eigenvalue weighted by atomic mass is 10.0. The van der Waals surface area contributed by atoms with E-state index in [-0.39, 0.29) is 17.7 Å². The summed E-state index contributed by atoms with van der Waals surface area (Å²) in [5, 5.41) is 10.2. The third kappa shape index (κ3) is 4.92. The van der Waals surface area contributed by atoms with Crippen molar-refractivity contribution in [2.45, 2.75) is 25.5 Å². The number of benzene rings is 2. The maximum absolute atomic E-state index is 13.1. The topological polar surface area (TPSA) is 96.5 Å². The largest absolute Gasteiger partial charge is 0.479 e. The zero-order valence-electron chi connectivity index (χ0n) is 16.8. The Labute approximate surface area is 183 Å². The van der Waals surface area contributed by atoms with Gasteiger partial charge < -0.3 is 20.7 Å². The number of rotatable bonds is 6. The lowest BCUT2D eigenvalue weighted by Crippen LogP contribution is -2.45. The van der Waals surface area contributed by atoms with Gasteiger partial charge in [-0.15, -0.1) is 11.3 Å². The van der Waals surface area contributed by atoms with Crippen LogP contribution in [0, 0.1) is 0 Å². The van der Waals surface area contributed by atoms with Crippen molar-refractivity contribution in [1.82, 2.24) is 5.32 Å². The van der Waals surface area contributed by atoms with Crippen LogP contribution < -0.4 is 20.7 Å². The molecule has 0 aliphatic carbocycles. The van der Waals surface area contributed by atoms with Crippen LogP contribution in [-0.4, -0.2) is 29.9 Å². The molecule has 0 fully saturated rings. The summed E-state index contributed by atoms with van der Waals surface area (Å²) < 4.78 is 5.54. The molecule has 0 unspecified atom stereocenters. The van der Waals surface area contributed by atoms with E-state index in [9.17, 15) is 14.4 Å². The second kappa shape index (κ2) is 9.01. The highest BCUT2D eigenvalue weighted by molar-refractivity contribution is 7.12. The highest BCUT2D eigenvalue weighted by Crippen LogP contribution is 2.32. The smallest absolute Gasteiger partial charge is 0.265 e. The molecule has 0 radical (unpaired) electrons. The number of amides is 3. The van der Waals surface area contributed by atoms with Crippen molar-refractivity contribution in [3.63, 3.8) is 0 Å². The van der Waals surface area contributed by atoms with Crippen LogP contribution in [0.3, 0.4) is 0 Å². The third-order valence-corrected chi connectivity index (χ3v) is 5.70.